The fraction of sp³-hybridized carbons (Fsp3) is 0.938. The average molecular weight is 341 g/mol. The van der Waals surface area contributed by atoms with Crippen LogP contribution in [0.25, 0.3) is 0 Å². The number of hydrogen-bond acceptors (Lipinski definition) is 4. The summed E-state index contributed by atoms with van der Waals surface area (Å²) in [5.74, 6) is 2.45. The van der Waals surface area contributed by atoms with Gasteiger partial charge in [-0.2, -0.15) is 0 Å². The molecule has 6 nitrogen and oxygen atoms in total. The van der Waals surface area contributed by atoms with Gasteiger partial charge in [-0.3, -0.25) is 9.69 Å². The number of likely N-dealkylation sites (tertiary alicyclic amines) is 1. The molecule has 0 radical (unpaired) electrons. The van der Waals surface area contributed by atoms with Crippen molar-refractivity contribution in [3.8, 4) is 0 Å². The lowest BCUT2D eigenvalue weighted by Gasteiger charge is -2.57. The van der Waals surface area contributed by atoms with Crippen molar-refractivity contribution in [1.82, 2.24) is 10.2 Å². The Morgan fingerprint density at radius 3 is 2.04 bits per heavy atom. The zero-order valence-electron chi connectivity index (χ0n) is 13.7. The molecular weight excluding hydrogens is 314 g/mol. The van der Waals surface area contributed by atoms with Crippen molar-refractivity contribution < 1.29 is 13.2 Å². The maximum Gasteiger partial charge on any atom is 0.237 e. The summed E-state index contributed by atoms with van der Waals surface area (Å²) in [6, 6.07) is -0.277. The summed E-state index contributed by atoms with van der Waals surface area (Å²) in [6.45, 7) is 2.61. The zero-order valence-corrected chi connectivity index (χ0v) is 14.5. The molecule has 4 aliphatic carbocycles. The van der Waals surface area contributed by atoms with E-state index in [1.54, 1.807) is 0 Å². The highest BCUT2D eigenvalue weighted by Gasteiger charge is 2.52. The number of amides is 1. The zero-order chi connectivity index (χ0) is 16.4. The first-order valence-electron chi connectivity index (χ1n) is 8.82. The van der Waals surface area contributed by atoms with E-state index in [1.807, 2.05) is 11.8 Å². The second-order valence-corrected chi connectivity index (χ2v) is 10.4. The molecule has 0 spiro atoms. The molecular formula is C16H27N3O3S. The van der Waals surface area contributed by atoms with Crippen LogP contribution in [0.15, 0.2) is 0 Å². The van der Waals surface area contributed by atoms with Crippen molar-refractivity contribution in [2.45, 2.75) is 62.3 Å². The van der Waals surface area contributed by atoms with Crippen LogP contribution in [0.1, 0.15) is 45.4 Å². The molecule has 5 rings (SSSR count). The number of nitrogens with two attached hydrogens (primary N) is 1. The number of nitrogens with zero attached hydrogens (tertiary/aromatic N) is 1. The molecule has 7 heteroatoms. The van der Waals surface area contributed by atoms with E-state index in [9.17, 15) is 13.2 Å². The van der Waals surface area contributed by atoms with Crippen molar-refractivity contribution in [1.29, 1.82) is 0 Å². The molecule has 0 aromatic rings. The van der Waals surface area contributed by atoms with Crippen LogP contribution in [0.2, 0.25) is 0 Å². The normalized spacial score (nSPS) is 41.6. The summed E-state index contributed by atoms with van der Waals surface area (Å²) in [5, 5.41) is 8.01. The first-order chi connectivity index (χ1) is 10.7. The third-order valence-electron chi connectivity index (χ3n) is 6.69. The van der Waals surface area contributed by atoms with Crippen molar-refractivity contribution >= 4 is 15.9 Å². The molecule has 4 saturated carbocycles. The Morgan fingerprint density at radius 1 is 1.13 bits per heavy atom. The van der Waals surface area contributed by atoms with Crippen LogP contribution in [0.4, 0.5) is 0 Å². The van der Waals surface area contributed by atoms with Gasteiger partial charge in [0.2, 0.25) is 15.9 Å². The van der Waals surface area contributed by atoms with Gasteiger partial charge < -0.3 is 5.32 Å². The molecule has 0 aromatic heterocycles. The minimum absolute atomic E-state index is 0.0182. The van der Waals surface area contributed by atoms with E-state index in [-0.39, 0.29) is 17.5 Å². The standard InChI is InChI=1S/C16H27N3O3S/c1-10(19-8-14(9-19)23(17,21)22)15(20)18-16-5-11-2-12(6-16)4-13(3-11)7-16/h10-14H,2-9H2,1H3,(H,18,20)(H2,17,21,22). The van der Waals surface area contributed by atoms with Gasteiger partial charge in [-0.1, -0.05) is 0 Å². The van der Waals surface area contributed by atoms with Crippen molar-refractivity contribution in [2.75, 3.05) is 13.1 Å². The Morgan fingerprint density at radius 2 is 1.61 bits per heavy atom. The molecule has 5 aliphatic rings. The number of hydrogen-bond donors (Lipinski definition) is 2. The van der Waals surface area contributed by atoms with Crippen LogP contribution in [0.5, 0.6) is 0 Å². The Labute approximate surface area is 138 Å². The maximum atomic E-state index is 12.7. The molecule has 1 saturated heterocycles. The third-order valence-corrected chi connectivity index (χ3v) is 7.92. The van der Waals surface area contributed by atoms with E-state index >= 15 is 0 Å². The SMILES string of the molecule is CC(C(=O)NC12CC3CC(CC(C3)C1)C2)N1CC(S(N)(=O)=O)C1. The predicted molar refractivity (Wildman–Crippen MR) is 87.0 cm³/mol. The lowest BCUT2D eigenvalue weighted by molar-refractivity contribution is -0.133. The van der Waals surface area contributed by atoms with E-state index in [2.05, 4.69) is 5.32 Å². The molecule has 5 fully saturated rings. The van der Waals surface area contributed by atoms with Gasteiger partial charge in [-0.15, -0.1) is 0 Å². The first kappa shape index (κ1) is 15.8. The summed E-state index contributed by atoms with van der Waals surface area (Å²) in [7, 11) is -3.48. The first-order valence-corrected chi connectivity index (χ1v) is 10.4. The Bertz CT molecular complexity index is 577. The predicted octanol–water partition coefficient (Wildman–Crippen LogP) is 0.433. The molecule has 4 bridgehead atoms. The largest absolute Gasteiger partial charge is 0.349 e. The molecule has 1 amide bonds. The van der Waals surface area contributed by atoms with Gasteiger partial charge in [0, 0.05) is 18.6 Å². The van der Waals surface area contributed by atoms with Gasteiger partial charge in [0.25, 0.3) is 0 Å². The molecule has 130 valence electrons. The monoisotopic (exact) mass is 341 g/mol. The second kappa shape index (κ2) is 5.17. The van der Waals surface area contributed by atoms with E-state index in [0.29, 0.717) is 13.1 Å². The number of rotatable bonds is 4. The van der Waals surface area contributed by atoms with Crippen LogP contribution < -0.4 is 10.5 Å². The molecule has 1 atom stereocenters. The van der Waals surface area contributed by atoms with Gasteiger partial charge in [0.1, 0.15) is 5.25 Å². The highest BCUT2D eigenvalue weighted by atomic mass is 32.2. The summed E-state index contributed by atoms with van der Waals surface area (Å²) in [5.41, 5.74) is 0.0182. The lowest BCUT2D eigenvalue weighted by atomic mass is 9.53. The Hall–Kier alpha value is -0.660. The fourth-order valence-electron chi connectivity index (χ4n) is 5.79. The van der Waals surface area contributed by atoms with Crippen molar-refractivity contribution in [2.24, 2.45) is 22.9 Å². The summed E-state index contributed by atoms with van der Waals surface area (Å²) < 4.78 is 22.6. The van der Waals surface area contributed by atoms with E-state index in [0.717, 1.165) is 37.0 Å². The molecule has 1 aliphatic heterocycles. The Kier molecular flexibility index (Phi) is 3.56. The Balaban J connectivity index is 1.37. The van der Waals surface area contributed by atoms with Crippen molar-refractivity contribution in [3.63, 3.8) is 0 Å². The number of sulfonamides is 1. The third kappa shape index (κ3) is 2.81. The van der Waals surface area contributed by atoms with Gasteiger partial charge in [-0.25, -0.2) is 13.6 Å². The molecule has 3 N–H and O–H groups in total. The smallest absolute Gasteiger partial charge is 0.237 e. The average Bonchev–Trinajstić information content (AvgIpc) is 2.32. The quantitative estimate of drug-likeness (QED) is 0.776. The van der Waals surface area contributed by atoms with E-state index < -0.39 is 15.3 Å². The van der Waals surface area contributed by atoms with Crippen LogP contribution in [0, 0.1) is 17.8 Å². The van der Waals surface area contributed by atoms with E-state index in [4.69, 9.17) is 5.14 Å². The van der Waals surface area contributed by atoms with Crippen LogP contribution in [0.3, 0.4) is 0 Å². The summed E-state index contributed by atoms with van der Waals surface area (Å²) in [6.07, 6.45) is 7.47. The minimum Gasteiger partial charge on any atom is -0.349 e. The van der Waals surface area contributed by atoms with Crippen LogP contribution in [-0.4, -0.2) is 49.1 Å². The molecule has 1 heterocycles. The highest BCUT2D eigenvalue weighted by molar-refractivity contribution is 7.89. The second-order valence-electron chi connectivity index (χ2n) is 8.53. The minimum atomic E-state index is -3.48. The number of carbonyl (C=O) groups excluding carboxylic acids is 1. The van der Waals surface area contributed by atoms with Gasteiger partial charge in [0.05, 0.1) is 6.04 Å². The highest BCUT2D eigenvalue weighted by Crippen LogP contribution is 2.55. The molecule has 0 aromatic carbocycles. The van der Waals surface area contributed by atoms with Crippen molar-refractivity contribution in [3.05, 3.63) is 0 Å². The summed E-state index contributed by atoms with van der Waals surface area (Å²) in [4.78, 5) is 14.6. The topological polar surface area (TPSA) is 92.5 Å². The van der Waals surface area contributed by atoms with Crippen LogP contribution in [-0.2, 0) is 14.8 Å². The van der Waals surface area contributed by atoms with Gasteiger partial charge >= 0.3 is 0 Å². The van der Waals surface area contributed by atoms with Gasteiger partial charge in [-0.05, 0) is 63.2 Å². The van der Waals surface area contributed by atoms with Crippen LogP contribution >= 0.6 is 0 Å². The fourth-order valence-corrected chi connectivity index (χ4v) is 6.59. The van der Waals surface area contributed by atoms with E-state index in [1.165, 1.54) is 19.3 Å². The number of carbonyl (C=O) groups is 1. The number of nitrogens with one attached hydrogen (secondary N) is 1. The summed E-state index contributed by atoms with van der Waals surface area (Å²) >= 11 is 0. The number of primary sulfonamides is 1. The molecule has 1 unspecified atom stereocenters. The maximum absolute atomic E-state index is 12.7. The lowest BCUT2D eigenvalue weighted by Crippen LogP contribution is -2.66. The molecule has 23 heavy (non-hydrogen) atoms. The van der Waals surface area contributed by atoms with Gasteiger partial charge in [0.15, 0.2) is 0 Å².